The number of benzene rings is 3. The van der Waals surface area contributed by atoms with E-state index in [2.05, 4.69) is 15.2 Å². The van der Waals surface area contributed by atoms with Crippen LogP contribution >= 0.6 is 0 Å². The number of rotatable bonds is 6. The molecule has 3 aromatic rings. The lowest BCUT2D eigenvalue weighted by molar-refractivity contribution is 0.0664. The fourth-order valence-corrected chi connectivity index (χ4v) is 5.48. The van der Waals surface area contributed by atoms with Gasteiger partial charge in [0, 0.05) is 62.2 Å². The molecule has 0 aliphatic carbocycles. The molecule has 0 atom stereocenters. The zero-order valence-electron chi connectivity index (χ0n) is 28.9. The summed E-state index contributed by atoms with van der Waals surface area (Å²) >= 11 is 0. The average molecular weight is 565 g/mol. The van der Waals surface area contributed by atoms with Crippen LogP contribution in [0.5, 0.6) is 0 Å². The van der Waals surface area contributed by atoms with Crippen molar-refractivity contribution < 1.29 is 26.5 Å². The number of amidine groups is 1. The molecule has 214 valence electrons. The normalized spacial score (nSPS) is 22.4. The van der Waals surface area contributed by atoms with E-state index in [4.69, 9.17) is 11.6 Å². The molecule has 3 aromatic carbocycles. The summed E-state index contributed by atoms with van der Waals surface area (Å²) in [6.45, 7) is -1.44. The molecule has 3 aliphatic heterocycles. The van der Waals surface area contributed by atoms with Crippen molar-refractivity contribution in [3.05, 3.63) is 99.6 Å². The Bertz CT molecular complexity index is 1710. The lowest BCUT2D eigenvalue weighted by Gasteiger charge is -2.34. The maximum Gasteiger partial charge on any atom is 0.257 e. The third-order valence-corrected chi connectivity index (χ3v) is 7.79. The summed E-state index contributed by atoms with van der Waals surface area (Å²) < 4.78 is 83.2. The van der Waals surface area contributed by atoms with Crippen molar-refractivity contribution in [3.8, 4) is 0 Å². The summed E-state index contributed by atoms with van der Waals surface area (Å²) in [5.74, 6) is -2.19. The second-order valence-corrected chi connectivity index (χ2v) is 10.9. The smallest absolute Gasteiger partial charge is 0.257 e. The summed E-state index contributed by atoms with van der Waals surface area (Å²) in [7, 11) is 2.00. The molecular formula is C33H36F2N4O2. The van der Waals surface area contributed by atoms with Crippen LogP contribution in [0.4, 0.5) is 14.5 Å². The Hall–Kier alpha value is -3.62. The fraction of sp³-hybridized carbons (Fsp3) is 0.394. The molecule has 41 heavy (non-hydrogen) atoms. The number of amides is 1. The molecule has 0 radical (unpaired) electrons. The molecule has 1 N–H and O–H groups in total. The Morgan fingerprint density at radius 1 is 1.07 bits per heavy atom. The van der Waals surface area contributed by atoms with Crippen LogP contribution in [0.25, 0.3) is 0 Å². The van der Waals surface area contributed by atoms with E-state index in [9.17, 15) is 14.9 Å². The third-order valence-electron chi connectivity index (χ3n) is 7.79. The Labute approximate surface area is 248 Å². The van der Waals surface area contributed by atoms with E-state index in [0.717, 1.165) is 30.3 Å². The highest BCUT2D eigenvalue weighted by Crippen LogP contribution is 2.28. The molecule has 0 aromatic heterocycles. The first-order valence-electron chi connectivity index (χ1n) is 16.9. The molecular weight excluding hydrogens is 522 g/mol. The highest BCUT2D eigenvalue weighted by molar-refractivity contribution is 6.14. The van der Waals surface area contributed by atoms with Crippen molar-refractivity contribution in [1.82, 2.24) is 10.2 Å². The fourth-order valence-electron chi connectivity index (χ4n) is 5.48. The van der Waals surface area contributed by atoms with Crippen molar-refractivity contribution >= 4 is 17.4 Å². The van der Waals surface area contributed by atoms with E-state index >= 15 is 0 Å². The molecule has 8 heteroatoms. The summed E-state index contributed by atoms with van der Waals surface area (Å²) in [6.07, 6.45) is 0.0785. The van der Waals surface area contributed by atoms with Gasteiger partial charge in [-0.1, -0.05) is 12.1 Å². The molecule has 0 spiro atoms. The van der Waals surface area contributed by atoms with Gasteiger partial charge in [0.15, 0.2) is 0 Å². The SMILES string of the molecule is [2H]c1cc(C(=O)NC2=NCc3ccc(Cc4cc(F)cc(F)c4)cc32)c(CC2CC([2H])([2H])OC([2H])([2H])C2)c([2H])c1N1CCN(C)CC1. The van der Waals surface area contributed by atoms with Gasteiger partial charge < -0.3 is 19.9 Å². The molecule has 6 rings (SSSR count). The van der Waals surface area contributed by atoms with Crippen molar-refractivity contribution in [2.45, 2.75) is 32.2 Å². The van der Waals surface area contributed by atoms with Gasteiger partial charge in [0.05, 0.1) is 14.8 Å². The number of aliphatic imine (C=N–C) groups is 1. The Balaban J connectivity index is 1.31. The van der Waals surface area contributed by atoms with Crippen LogP contribution in [-0.2, 0) is 24.1 Å². The summed E-state index contributed by atoms with van der Waals surface area (Å²) in [6, 6.07) is 10.3. The largest absolute Gasteiger partial charge is 0.381 e. The van der Waals surface area contributed by atoms with Gasteiger partial charge >= 0.3 is 0 Å². The number of nitrogens with zero attached hydrogens (tertiary/aromatic N) is 3. The molecule has 2 saturated heterocycles. The molecule has 0 unspecified atom stereocenters. The summed E-state index contributed by atoms with van der Waals surface area (Å²) in [5.41, 5.74) is 3.52. The number of likely N-dealkylation sites (N-methyl/N-ethyl adjacent to an activating group) is 1. The maximum atomic E-state index is 14.0. The maximum absolute atomic E-state index is 14.0. The van der Waals surface area contributed by atoms with Crippen molar-refractivity contribution in [2.24, 2.45) is 10.9 Å². The molecule has 0 saturated carbocycles. The Morgan fingerprint density at radius 3 is 2.59 bits per heavy atom. The Kier molecular flexibility index (Phi) is 6.23. The summed E-state index contributed by atoms with van der Waals surface area (Å²) in [5, 5.41) is 2.86. The number of anilines is 1. The first kappa shape index (κ1) is 21.1. The molecule has 0 bridgehead atoms. The lowest BCUT2D eigenvalue weighted by atomic mass is 9.89. The van der Waals surface area contributed by atoms with Crippen molar-refractivity contribution in [1.29, 1.82) is 0 Å². The van der Waals surface area contributed by atoms with Gasteiger partial charge in [-0.05, 0) is 97.3 Å². The topological polar surface area (TPSA) is 57.2 Å². The van der Waals surface area contributed by atoms with Crippen molar-refractivity contribution in [2.75, 3.05) is 51.2 Å². The number of nitrogens with one attached hydrogen (secondary N) is 1. The third kappa shape index (κ3) is 6.49. The zero-order chi connectivity index (χ0) is 33.7. The average Bonchev–Trinajstić information content (AvgIpc) is 3.35. The van der Waals surface area contributed by atoms with E-state index in [-0.39, 0.29) is 43.3 Å². The number of carbonyl (C=O) groups excluding carboxylic acids is 1. The number of halogens is 2. The number of hydrogen-bond donors (Lipinski definition) is 1. The standard InChI is InChI=1S/C33H36F2N4O2/c1-38-8-10-39(11-9-38)29-4-5-30(26(19-29)15-22-6-12-41-13-7-22)33(40)37-32-31-18-23(2-3-25(31)21-36-32)14-24-16-27(34)20-28(35)17-24/h2-5,16-20,22H,6-15,21H2,1H3,(H,36,37,40)/i4D,12D2,13D2,19D. The molecule has 3 aliphatic rings. The number of fused-ring (bicyclic) bond motifs is 1. The minimum atomic E-state index is -2.22. The van der Waals surface area contributed by atoms with Gasteiger partial charge in [-0.15, -0.1) is 0 Å². The molecule has 6 nitrogen and oxygen atoms in total. The second-order valence-electron chi connectivity index (χ2n) is 10.9. The highest BCUT2D eigenvalue weighted by Gasteiger charge is 2.24. The predicted molar refractivity (Wildman–Crippen MR) is 157 cm³/mol. The van der Waals surface area contributed by atoms with Gasteiger partial charge in [0.25, 0.3) is 5.91 Å². The van der Waals surface area contributed by atoms with Crippen LogP contribution in [-0.4, -0.2) is 63.0 Å². The zero-order valence-corrected chi connectivity index (χ0v) is 22.9. The first-order chi connectivity index (χ1) is 22.2. The van der Waals surface area contributed by atoms with Gasteiger partial charge in [0.2, 0.25) is 0 Å². The van der Waals surface area contributed by atoms with E-state index in [1.54, 1.807) is 0 Å². The Morgan fingerprint density at radius 2 is 1.83 bits per heavy atom. The van der Waals surface area contributed by atoms with E-state index in [1.807, 2.05) is 30.1 Å². The molecule has 3 heterocycles. The van der Waals surface area contributed by atoms with E-state index in [0.29, 0.717) is 47.8 Å². The number of piperazine rings is 1. The van der Waals surface area contributed by atoms with Crippen molar-refractivity contribution in [3.63, 3.8) is 0 Å². The second kappa shape index (κ2) is 12.1. The van der Waals surface area contributed by atoms with Crippen LogP contribution in [0.3, 0.4) is 0 Å². The minimum Gasteiger partial charge on any atom is -0.381 e. The van der Waals surface area contributed by atoms with Gasteiger partial charge in [0.1, 0.15) is 17.5 Å². The van der Waals surface area contributed by atoms with E-state index in [1.165, 1.54) is 18.2 Å². The van der Waals surface area contributed by atoms with Crippen LogP contribution < -0.4 is 10.2 Å². The monoisotopic (exact) mass is 564 g/mol. The predicted octanol–water partition coefficient (Wildman–Crippen LogP) is 4.97. The number of carbonyl (C=O) groups is 1. The number of hydrogen-bond acceptors (Lipinski definition) is 5. The van der Waals surface area contributed by atoms with Crippen LogP contribution in [0.2, 0.25) is 0 Å². The van der Waals surface area contributed by atoms with Gasteiger partial charge in [-0.2, -0.15) is 0 Å². The number of ether oxygens (including phenoxy) is 1. The quantitative estimate of drug-likeness (QED) is 0.460. The van der Waals surface area contributed by atoms with Crippen LogP contribution in [0.1, 0.15) is 59.2 Å². The molecule has 1 amide bonds. The van der Waals surface area contributed by atoms with Crippen LogP contribution in [0, 0.1) is 17.6 Å². The van der Waals surface area contributed by atoms with Gasteiger partial charge in [-0.3, -0.25) is 9.79 Å². The van der Waals surface area contributed by atoms with Crippen LogP contribution in [0.15, 0.2) is 59.5 Å². The first-order valence-corrected chi connectivity index (χ1v) is 13.9. The van der Waals surface area contributed by atoms with Gasteiger partial charge in [-0.25, -0.2) is 8.78 Å². The highest BCUT2D eigenvalue weighted by atomic mass is 19.1. The van der Waals surface area contributed by atoms with E-state index < -0.39 is 36.6 Å². The minimum absolute atomic E-state index is 0.00168. The molecule has 2 fully saturated rings. The lowest BCUT2D eigenvalue weighted by Crippen LogP contribution is -2.44. The summed E-state index contributed by atoms with van der Waals surface area (Å²) in [4.78, 5) is 22.6.